The first-order valence-corrected chi connectivity index (χ1v) is 7.70. The summed E-state index contributed by atoms with van der Waals surface area (Å²) in [6, 6.07) is 8.25. The number of amides is 1. The quantitative estimate of drug-likeness (QED) is 0.850. The molecule has 1 aliphatic heterocycles. The summed E-state index contributed by atoms with van der Waals surface area (Å²) < 4.78 is 20.4. The van der Waals surface area contributed by atoms with Crippen LogP contribution in [0.25, 0.3) is 0 Å². The van der Waals surface area contributed by atoms with Crippen LogP contribution < -0.4 is 0 Å². The van der Waals surface area contributed by atoms with Gasteiger partial charge in [0.25, 0.3) is 0 Å². The van der Waals surface area contributed by atoms with Crippen molar-refractivity contribution in [2.45, 2.75) is 33.0 Å². The molecule has 0 bridgehead atoms. The second kappa shape index (κ2) is 6.71. The first kappa shape index (κ1) is 16.0. The number of rotatable bonds is 2. The molecule has 0 aliphatic carbocycles. The van der Waals surface area contributed by atoms with Crippen molar-refractivity contribution in [3.8, 4) is 6.07 Å². The summed E-state index contributed by atoms with van der Waals surface area (Å²) in [7, 11) is 0. The van der Waals surface area contributed by atoms with E-state index in [0.717, 1.165) is 17.7 Å². The second-order valence-corrected chi connectivity index (χ2v) is 5.82. The maximum absolute atomic E-state index is 13.4. The number of carbonyl (C=O) groups excluding carboxylic acids is 1. The van der Waals surface area contributed by atoms with E-state index in [0.29, 0.717) is 30.9 Å². The molecule has 0 fully saturated rings. The van der Waals surface area contributed by atoms with Crippen molar-refractivity contribution in [1.82, 2.24) is 14.7 Å². The molecule has 3 rings (SSSR count). The molecule has 1 aromatic carbocycles. The summed E-state index contributed by atoms with van der Waals surface area (Å²) in [6.45, 7) is 3.36. The fraction of sp³-hybridized carbons (Fsp3) is 0.353. The minimum Gasteiger partial charge on any atom is -0.445 e. The van der Waals surface area contributed by atoms with Crippen molar-refractivity contribution < 1.29 is 13.9 Å². The van der Waals surface area contributed by atoms with Gasteiger partial charge in [0, 0.05) is 13.1 Å². The molecule has 2 aromatic rings. The van der Waals surface area contributed by atoms with Crippen LogP contribution in [0.2, 0.25) is 0 Å². The van der Waals surface area contributed by atoms with E-state index in [2.05, 4.69) is 5.10 Å². The zero-order valence-electron chi connectivity index (χ0n) is 13.3. The Morgan fingerprint density at radius 2 is 2.21 bits per heavy atom. The van der Waals surface area contributed by atoms with Crippen LogP contribution in [-0.4, -0.2) is 27.3 Å². The Hall–Kier alpha value is -2.88. The molecular formula is C17H17FN4O2. The summed E-state index contributed by atoms with van der Waals surface area (Å²) in [5, 5.41) is 13.1. The third-order valence-electron chi connectivity index (χ3n) is 3.85. The van der Waals surface area contributed by atoms with Crippen LogP contribution in [0.1, 0.15) is 28.9 Å². The van der Waals surface area contributed by atoms with Gasteiger partial charge in [-0.25, -0.2) is 9.18 Å². The molecule has 0 saturated heterocycles. The molecule has 1 aliphatic rings. The van der Waals surface area contributed by atoms with Crippen molar-refractivity contribution in [2.24, 2.45) is 0 Å². The number of fused-ring (bicyclic) bond motifs is 1. The Morgan fingerprint density at radius 1 is 1.38 bits per heavy atom. The van der Waals surface area contributed by atoms with Gasteiger partial charge < -0.3 is 9.64 Å². The topological polar surface area (TPSA) is 71.2 Å². The van der Waals surface area contributed by atoms with E-state index in [1.165, 1.54) is 12.1 Å². The fourth-order valence-corrected chi connectivity index (χ4v) is 2.80. The molecule has 1 amide bonds. The average Bonchev–Trinajstić information content (AvgIpc) is 2.82. The molecule has 0 unspecified atom stereocenters. The Bertz CT molecular complexity index is 789. The van der Waals surface area contributed by atoms with E-state index in [1.54, 1.807) is 28.6 Å². The van der Waals surface area contributed by atoms with Gasteiger partial charge in [-0.3, -0.25) is 4.68 Å². The number of carbonyl (C=O) groups is 1. The van der Waals surface area contributed by atoms with Gasteiger partial charge >= 0.3 is 6.09 Å². The summed E-state index contributed by atoms with van der Waals surface area (Å²) >= 11 is 0. The molecule has 7 heteroatoms. The van der Waals surface area contributed by atoms with Crippen molar-refractivity contribution in [3.63, 3.8) is 0 Å². The average molecular weight is 328 g/mol. The molecule has 24 heavy (non-hydrogen) atoms. The van der Waals surface area contributed by atoms with Crippen LogP contribution in [0, 0.1) is 24.1 Å². The smallest absolute Gasteiger partial charge is 0.410 e. The third kappa shape index (κ3) is 3.54. The highest BCUT2D eigenvalue weighted by Gasteiger charge is 2.21. The van der Waals surface area contributed by atoms with Gasteiger partial charge in [0.1, 0.15) is 18.5 Å². The first-order chi connectivity index (χ1) is 11.5. The lowest BCUT2D eigenvalue weighted by Gasteiger charge is -2.19. The highest BCUT2D eigenvalue weighted by atomic mass is 19.1. The lowest BCUT2D eigenvalue weighted by Crippen LogP contribution is -2.31. The highest BCUT2D eigenvalue weighted by Crippen LogP contribution is 2.16. The van der Waals surface area contributed by atoms with Crippen LogP contribution >= 0.6 is 0 Å². The molecule has 0 spiro atoms. The van der Waals surface area contributed by atoms with Gasteiger partial charge in [0.05, 0.1) is 12.2 Å². The number of aromatic nitrogens is 2. The zero-order chi connectivity index (χ0) is 17.1. The largest absolute Gasteiger partial charge is 0.445 e. The monoisotopic (exact) mass is 328 g/mol. The summed E-state index contributed by atoms with van der Waals surface area (Å²) in [5.41, 5.74) is 2.55. The van der Waals surface area contributed by atoms with Gasteiger partial charge in [-0.1, -0.05) is 6.07 Å². The molecule has 0 atom stereocenters. The molecule has 0 radical (unpaired) electrons. The number of halogens is 1. The van der Waals surface area contributed by atoms with Gasteiger partial charge in [0.15, 0.2) is 5.69 Å². The zero-order valence-corrected chi connectivity index (χ0v) is 13.3. The normalized spacial score (nSPS) is 13.8. The minimum absolute atomic E-state index is 0.0244. The van der Waals surface area contributed by atoms with Gasteiger partial charge in [-0.15, -0.1) is 0 Å². The van der Waals surface area contributed by atoms with Crippen LogP contribution in [0.5, 0.6) is 0 Å². The predicted molar refractivity (Wildman–Crippen MR) is 83.3 cm³/mol. The van der Waals surface area contributed by atoms with Crippen molar-refractivity contribution >= 4 is 6.09 Å². The highest BCUT2D eigenvalue weighted by molar-refractivity contribution is 5.67. The van der Waals surface area contributed by atoms with E-state index in [1.807, 2.05) is 6.07 Å². The van der Waals surface area contributed by atoms with Gasteiger partial charge in [0.2, 0.25) is 0 Å². The maximum Gasteiger partial charge on any atom is 0.410 e. The Labute approximate surface area is 139 Å². The summed E-state index contributed by atoms with van der Waals surface area (Å²) in [4.78, 5) is 13.9. The molecule has 0 saturated carbocycles. The van der Waals surface area contributed by atoms with Crippen molar-refractivity contribution in [1.29, 1.82) is 5.26 Å². The molecule has 2 heterocycles. The van der Waals surface area contributed by atoms with E-state index in [-0.39, 0.29) is 12.4 Å². The number of hydrogen-bond acceptors (Lipinski definition) is 4. The summed E-state index contributed by atoms with van der Waals surface area (Å²) in [6.07, 6.45) is 0.276. The number of nitrogens with zero attached hydrogens (tertiary/aromatic N) is 4. The first-order valence-electron chi connectivity index (χ1n) is 7.70. The summed E-state index contributed by atoms with van der Waals surface area (Å²) in [5.74, 6) is -0.344. The second-order valence-electron chi connectivity index (χ2n) is 5.82. The van der Waals surface area contributed by atoms with Crippen LogP contribution in [0.15, 0.2) is 24.3 Å². The van der Waals surface area contributed by atoms with E-state index < -0.39 is 6.09 Å². The lowest BCUT2D eigenvalue weighted by atomic mass is 10.1. The van der Waals surface area contributed by atoms with E-state index in [9.17, 15) is 9.18 Å². The molecule has 6 nitrogen and oxygen atoms in total. The maximum atomic E-state index is 13.4. The van der Waals surface area contributed by atoms with Crippen LogP contribution in [0.4, 0.5) is 9.18 Å². The number of nitriles is 1. The third-order valence-corrected chi connectivity index (χ3v) is 3.85. The number of benzene rings is 1. The molecule has 1 aromatic heterocycles. The number of hydrogen-bond donors (Lipinski definition) is 0. The molecular weight excluding hydrogens is 311 g/mol. The standard InChI is InChI=1S/C17H17FN4O2/c1-12-5-13(7-14(18)6-12)11-24-17(23)21-3-2-4-22-16(10-21)8-15(9-19)20-22/h5-8H,2-4,10-11H2,1H3. The van der Waals surface area contributed by atoms with Gasteiger partial charge in [-0.05, 0) is 42.7 Å². The van der Waals surface area contributed by atoms with Crippen LogP contribution in [-0.2, 0) is 24.4 Å². The van der Waals surface area contributed by atoms with Crippen molar-refractivity contribution in [3.05, 3.63) is 52.6 Å². The Morgan fingerprint density at radius 3 is 2.96 bits per heavy atom. The van der Waals surface area contributed by atoms with E-state index in [4.69, 9.17) is 10.00 Å². The minimum atomic E-state index is -0.454. The number of aryl methyl sites for hydroxylation is 2. The van der Waals surface area contributed by atoms with Crippen molar-refractivity contribution in [2.75, 3.05) is 6.54 Å². The molecule has 124 valence electrons. The van der Waals surface area contributed by atoms with Crippen LogP contribution in [0.3, 0.4) is 0 Å². The lowest BCUT2D eigenvalue weighted by molar-refractivity contribution is 0.0941. The number of ether oxygens (including phenoxy) is 1. The molecule has 0 N–H and O–H groups in total. The van der Waals surface area contributed by atoms with Gasteiger partial charge in [-0.2, -0.15) is 10.4 Å². The van der Waals surface area contributed by atoms with E-state index >= 15 is 0 Å². The fourth-order valence-electron chi connectivity index (χ4n) is 2.80. The SMILES string of the molecule is Cc1cc(F)cc(COC(=O)N2CCCn3nc(C#N)cc3C2)c1. The predicted octanol–water partition coefficient (Wildman–Crippen LogP) is 2.74. The Kier molecular flexibility index (Phi) is 4.47. The Balaban J connectivity index is 1.65.